The molecule has 2 atom stereocenters. The van der Waals surface area contributed by atoms with E-state index in [1.54, 1.807) is 0 Å². The van der Waals surface area contributed by atoms with Gasteiger partial charge in [0.1, 0.15) is 0 Å². The largest absolute Gasteiger partial charge is 0.314 e. The Hall–Kier alpha value is -0.860. The summed E-state index contributed by atoms with van der Waals surface area (Å²) >= 11 is 1.92. The van der Waals surface area contributed by atoms with Gasteiger partial charge in [-0.05, 0) is 31.0 Å². The van der Waals surface area contributed by atoms with E-state index in [0.717, 1.165) is 6.54 Å². The van der Waals surface area contributed by atoms with Crippen molar-refractivity contribution in [1.82, 2.24) is 5.32 Å². The minimum absolute atomic E-state index is 0.540. The van der Waals surface area contributed by atoms with Crippen LogP contribution in [-0.4, -0.2) is 12.6 Å². The Morgan fingerprint density at radius 3 is 2.69 bits per heavy atom. The lowest BCUT2D eigenvalue weighted by atomic mass is 10.0. The Balaban J connectivity index is 2.26. The molecule has 1 heterocycles. The first-order chi connectivity index (χ1) is 7.72. The molecule has 0 bridgehead atoms. The van der Waals surface area contributed by atoms with Gasteiger partial charge in [-0.25, -0.2) is 0 Å². The molecule has 0 saturated heterocycles. The standard InChI is InChI=1S/C14H19NS/c1-4-15-11(3)10(2)14-9-12-7-5-6-8-13(12)16-14/h5-11,15H,4H2,1-3H3. The van der Waals surface area contributed by atoms with Gasteiger partial charge >= 0.3 is 0 Å². The second-order valence-electron chi connectivity index (χ2n) is 4.32. The Morgan fingerprint density at radius 2 is 2.00 bits per heavy atom. The number of hydrogen-bond acceptors (Lipinski definition) is 2. The first kappa shape index (κ1) is 11.6. The van der Waals surface area contributed by atoms with Gasteiger partial charge in [-0.15, -0.1) is 11.3 Å². The first-order valence-electron chi connectivity index (χ1n) is 5.94. The van der Waals surface area contributed by atoms with E-state index in [9.17, 15) is 0 Å². The van der Waals surface area contributed by atoms with E-state index in [-0.39, 0.29) is 0 Å². The van der Waals surface area contributed by atoms with Crippen molar-refractivity contribution in [2.24, 2.45) is 0 Å². The van der Waals surface area contributed by atoms with Crippen LogP contribution in [0.3, 0.4) is 0 Å². The van der Waals surface area contributed by atoms with E-state index in [4.69, 9.17) is 0 Å². The molecule has 0 aliphatic carbocycles. The van der Waals surface area contributed by atoms with E-state index in [1.807, 2.05) is 11.3 Å². The number of likely N-dealkylation sites (N-methyl/N-ethyl adjacent to an activating group) is 1. The monoisotopic (exact) mass is 233 g/mol. The van der Waals surface area contributed by atoms with Crippen LogP contribution >= 0.6 is 11.3 Å². The van der Waals surface area contributed by atoms with Crippen molar-refractivity contribution in [3.8, 4) is 0 Å². The second kappa shape index (κ2) is 4.98. The SMILES string of the molecule is CCNC(C)C(C)c1cc2ccccc2s1. The van der Waals surface area contributed by atoms with Crippen LogP contribution in [0, 0.1) is 0 Å². The number of benzene rings is 1. The summed E-state index contributed by atoms with van der Waals surface area (Å²) in [6, 6.07) is 11.5. The van der Waals surface area contributed by atoms with Crippen LogP contribution in [0.2, 0.25) is 0 Å². The van der Waals surface area contributed by atoms with Crippen molar-refractivity contribution in [2.45, 2.75) is 32.7 Å². The summed E-state index contributed by atoms with van der Waals surface area (Å²) in [7, 11) is 0. The van der Waals surface area contributed by atoms with Crippen molar-refractivity contribution < 1.29 is 0 Å². The zero-order valence-electron chi connectivity index (χ0n) is 10.2. The van der Waals surface area contributed by atoms with Crippen molar-refractivity contribution in [1.29, 1.82) is 0 Å². The maximum absolute atomic E-state index is 3.49. The molecule has 0 radical (unpaired) electrons. The van der Waals surface area contributed by atoms with Crippen LogP contribution in [0.1, 0.15) is 31.6 Å². The number of nitrogens with one attached hydrogen (secondary N) is 1. The third kappa shape index (κ3) is 2.28. The summed E-state index contributed by atoms with van der Waals surface area (Å²) in [5.74, 6) is 0.581. The van der Waals surface area contributed by atoms with E-state index < -0.39 is 0 Å². The van der Waals surface area contributed by atoms with Crippen LogP contribution in [0.4, 0.5) is 0 Å². The van der Waals surface area contributed by atoms with Gasteiger partial charge in [0.15, 0.2) is 0 Å². The Kier molecular flexibility index (Phi) is 3.62. The molecular weight excluding hydrogens is 214 g/mol. The highest BCUT2D eigenvalue weighted by Gasteiger charge is 2.15. The first-order valence-corrected chi connectivity index (χ1v) is 6.76. The van der Waals surface area contributed by atoms with E-state index in [0.29, 0.717) is 12.0 Å². The van der Waals surface area contributed by atoms with Crippen LogP contribution in [0.25, 0.3) is 10.1 Å². The highest BCUT2D eigenvalue weighted by atomic mass is 32.1. The fourth-order valence-corrected chi connectivity index (χ4v) is 3.19. The second-order valence-corrected chi connectivity index (χ2v) is 5.44. The smallest absolute Gasteiger partial charge is 0.0345 e. The van der Waals surface area contributed by atoms with Crippen molar-refractivity contribution in [3.05, 3.63) is 35.2 Å². The van der Waals surface area contributed by atoms with Crippen molar-refractivity contribution >= 4 is 21.4 Å². The molecule has 2 rings (SSSR count). The Morgan fingerprint density at radius 1 is 1.25 bits per heavy atom. The van der Waals surface area contributed by atoms with Crippen LogP contribution in [-0.2, 0) is 0 Å². The summed E-state index contributed by atoms with van der Waals surface area (Å²) in [5.41, 5.74) is 0. The molecule has 0 aliphatic rings. The average Bonchev–Trinajstić information content (AvgIpc) is 2.71. The molecule has 0 saturated carbocycles. The van der Waals surface area contributed by atoms with Gasteiger partial charge in [-0.1, -0.05) is 32.0 Å². The summed E-state index contributed by atoms with van der Waals surface area (Å²) in [6.07, 6.45) is 0. The topological polar surface area (TPSA) is 12.0 Å². The van der Waals surface area contributed by atoms with Crippen LogP contribution < -0.4 is 5.32 Å². The molecule has 1 aromatic carbocycles. The van der Waals surface area contributed by atoms with Crippen molar-refractivity contribution in [3.63, 3.8) is 0 Å². The van der Waals surface area contributed by atoms with E-state index in [2.05, 4.69) is 56.4 Å². The molecule has 2 heteroatoms. The predicted molar refractivity (Wildman–Crippen MR) is 73.4 cm³/mol. The third-order valence-corrected chi connectivity index (χ3v) is 4.49. The van der Waals surface area contributed by atoms with E-state index in [1.165, 1.54) is 15.0 Å². The van der Waals surface area contributed by atoms with Crippen molar-refractivity contribution in [2.75, 3.05) is 6.54 Å². The summed E-state index contributed by atoms with van der Waals surface area (Å²) < 4.78 is 1.40. The summed E-state index contributed by atoms with van der Waals surface area (Å²) in [6.45, 7) is 7.77. The summed E-state index contributed by atoms with van der Waals surface area (Å²) in [4.78, 5) is 1.48. The highest BCUT2D eigenvalue weighted by Crippen LogP contribution is 2.32. The molecule has 1 nitrogen and oxygen atoms in total. The van der Waals surface area contributed by atoms with Gasteiger partial charge in [0, 0.05) is 21.5 Å². The Bertz CT molecular complexity index is 427. The van der Waals surface area contributed by atoms with Gasteiger partial charge in [0.05, 0.1) is 0 Å². The molecule has 2 unspecified atom stereocenters. The third-order valence-electron chi connectivity index (χ3n) is 3.17. The zero-order valence-corrected chi connectivity index (χ0v) is 11.0. The van der Waals surface area contributed by atoms with Crippen LogP contribution in [0.5, 0.6) is 0 Å². The number of hydrogen-bond donors (Lipinski definition) is 1. The van der Waals surface area contributed by atoms with Gasteiger partial charge in [-0.3, -0.25) is 0 Å². The number of rotatable bonds is 4. The molecular formula is C14H19NS. The lowest BCUT2D eigenvalue weighted by molar-refractivity contribution is 0.500. The van der Waals surface area contributed by atoms with Gasteiger partial charge < -0.3 is 5.32 Å². The lowest BCUT2D eigenvalue weighted by Gasteiger charge is -2.19. The van der Waals surface area contributed by atoms with E-state index >= 15 is 0 Å². The van der Waals surface area contributed by atoms with Gasteiger partial charge in [-0.2, -0.15) is 0 Å². The molecule has 86 valence electrons. The van der Waals surface area contributed by atoms with Gasteiger partial charge in [0.25, 0.3) is 0 Å². The molecule has 16 heavy (non-hydrogen) atoms. The predicted octanol–water partition coefficient (Wildman–Crippen LogP) is 4.00. The highest BCUT2D eigenvalue weighted by molar-refractivity contribution is 7.19. The average molecular weight is 233 g/mol. The molecule has 0 spiro atoms. The maximum atomic E-state index is 3.49. The number of fused-ring (bicyclic) bond motifs is 1. The van der Waals surface area contributed by atoms with Gasteiger partial charge in [0.2, 0.25) is 0 Å². The Labute approximate surface area is 101 Å². The quantitative estimate of drug-likeness (QED) is 0.841. The zero-order chi connectivity index (χ0) is 11.5. The molecule has 0 amide bonds. The summed E-state index contributed by atoms with van der Waals surface area (Å²) in [5, 5.41) is 4.87. The fraction of sp³-hybridized carbons (Fsp3) is 0.429. The minimum atomic E-state index is 0.540. The number of thiophene rings is 1. The fourth-order valence-electron chi connectivity index (χ4n) is 1.97. The molecule has 1 N–H and O–H groups in total. The molecule has 0 fully saturated rings. The van der Waals surface area contributed by atoms with Crippen LogP contribution in [0.15, 0.2) is 30.3 Å². The maximum Gasteiger partial charge on any atom is 0.0345 e. The molecule has 1 aromatic heterocycles. The molecule has 0 aliphatic heterocycles. The normalized spacial score (nSPS) is 15.2. The lowest BCUT2D eigenvalue weighted by Crippen LogP contribution is -2.30. The molecule has 2 aromatic rings. The minimum Gasteiger partial charge on any atom is -0.314 e.